The molecule has 0 fully saturated rings. The van der Waals surface area contributed by atoms with Gasteiger partial charge in [-0.1, -0.05) is 27.5 Å². The van der Waals surface area contributed by atoms with Crippen molar-refractivity contribution in [3.8, 4) is 5.75 Å². The van der Waals surface area contributed by atoms with E-state index in [9.17, 15) is 8.42 Å². The van der Waals surface area contributed by atoms with Crippen molar-refractivity contribution in [3.05, 3.63) is 39.1 Å². The molecule has 1 aromatic carbocycles. The first kappa shape index (κ1) is 16.6. The molecule has 0 saturated carbocycles. The number of ether oxygens (including phenoxy) is 1. The second-order valence-corrected chi connectivity index (χ2v) is 8.12. The highest BCUT2D eigenvalue weighted by Crippen LogP contribution is 2.31. The summed E-state index contributed by atoms with van der Waals surface area (Å²) in [5, 5.41) is 4.65. The van der Waals surface area contributed by atoms with E-state index in [1.807, 2.05) is 0 Å². The van der Waals surface area contributed by atoms with Crippen LogP contribution in [0.15, 0.2) is 27.6 Å². The third kappa shape index (κ3) is 3.71. The maximum atomic E-state index is 11.6. The van der Waals surface area contributed by atoms with Crippen LogP contribution in [0.4, 0.5) is 0 Å². The van der Waals surface area contributed by atoms with Gasteiger partial charge in [0.25, 0.3) is 9.05 Å². The van der Waals surface area contributed by atoms with Crippen LogP contribution in [0.1, 0.15) is 11.4 Å². The molecule has 0 unspecified atom stereocenters. The molecule has 0 aliphatic rings. The SMILES string of the molecule is Cc1nn(C)c(COc2ccc(Br)cc2S(=O)(=O)Cl)c1Cl. The normalized spacial score (nSPS) is 11.7. The zero-order valence-corrected chi connectivity index (χ0v) is 15.0. The van der Waals surface area contributed by atoms with E-state index in [0.717, 1.165) is 0 Å². The predicted molar refractivity (Wildman–Crippen MR) is 84.5 cm³/mol. The summed E-state index contributed by atoms with van der Waals surface area (Å²) in [6.45, 7) is 1.86. The van der Waals surface area contributed by atoms with Crippen LogP contribution in [-0.2, 0) is 22.7 Å². The molecule has 0 bridgehead atoms. The molecule has 9 heteroatoms. The van der Waals surface area contributed by atoms with Gasteiger partial charge in [0, 0.05) is 22.2 Å². The number of hydrogen-bond donors (Lipinski definition) is 0. The van der Waals surface area contributed by atoms with Crippen LogP contribution in [-0.4, -0.2) is 18.2 Å². The van der Waals surface area contributed by atoms with E-state index in [0.29, 0.717) is 20.9 Å². The van der Waals surface area contributed by atoms with Crippen LogP contribution in [0.25, 0.3) is 0 Å². The zero-order chi connectivity index (χ0) is 15.8. The lowest BCUT2D eigenvalue weighted by molar-refractivity contribution is 0.287. The van der Waals surface area contributed by atoms with Gasteiger partial charge in [0.15, 0.2) is 0 Å². The molecule has 2 aromatic rings. The van der Waals surface area contributed by atoms with Gasteiger partial charge in [0.1, 0.15) is 17.3 Å². The van der Waals surface area contributed by atoms with E-state index in [1.54, 1.807) is 24.7 Å². The Labute approximate surface area is 140 Å². The molecule has 2 rings (SSSR count). The highest BCUT2D eigenvalue weighted by molar-refractivity contribution is 9.10. The molecule has 0 aliphatic heterocycles. The summed E-state index contributed by atoms with van der Waals surface area (Å²) in [4.78, 5) is -0.103. The predicted octanol–water partition coefficient (Wildman–Crippen LogP) is 3.65. The van der Waals surface area contributed by atoms with Crippen LogP contribution in [0.2, 0.25) is 5.02 Å². The Kier molecular flexibility index (Phi) is 4.87. The topological polar surface area (TPSA) is 61.2 Å². The van der Waals surface area contributed by atoms with Gasteiger partial charge >= 0.3 is 0 Å². The molecule has 0 amide bonds. The fourth-order valence-corrected chi connectivity index (χ4v) is 3.50. The Hall–Kier alpha value is -0.760. The Bertz CT molecular complexity index is 790. The Balaban J connectivity index is 2.33. The van der Waals surface area contributed by atoms with Gasteiger partial charge in [-0.05, 0) is 25.1 Å². The molecular weight excluding hydrogens is 403 g/mol. The van der Waals surface area contributed by atoms with Gasteiger partial charge in [-0.2, -0.15) is 5.10 Å². The van der Waals surface area contributed by atoms with Crippen molar-refractivity contribution < 1.29 is 13.2 Å². The Morgan fingerprint density at radius 3 is 2.62 bits per heavy atom. The summed E-state index contributed by atoms with van der Waals surface area (Å²) in [6, 6.07) is 4.57. The van der Waals surface area contributed by atoms with Crippen molar-refractivity contribution in [2.75, 3.05) is 0 Å². The molecule has 0 atom stereocenters. The number of rotatable bonds is 4. The molecule has 0 saturated heterocycles. The minimum atomic E-state index is -3.91. The second-order valence-electron chi connectivity index (χ2n) is 4.29. The lowest BCUT2D eigenvalue weighted by Crippen LogP contribution is -2.05. The number of aryl methyl sites for hydroxylation is 2. The van der Waals surface area contributed by atoms with Crippen LogP contribution in [0, 0.1) is 6.92 Å². The minimum Gasteiger partial charge on any atom is -0.486 e. The zero-order valence-electron chi connectivity index (χ0n) is 11.1. The Morgan fingerprint density at radius 2 is 2.10 bits per heavy atom. The summed E-state index contributed by atoms with van der Waals surface area (Å²) in [6.07, 6.45) is 0. The van der Waals surface area contributed by atoms with E-state index in [4.69, 9.17) is 27.0 Å². The molecule has 1 aromatic heterocycles. The fourth-order valence-electron chi connectivity index (χ4n) is 1.77. The van der Waals surface area contributed by atoms with Gasteiger partial charge < -0.3 is 4.74 Å². The third-order valence-corrected chi connectivity index (χ3v) is 5.12. The molecule has 0 N–H and O–H groups in total. The quantitative estimate of drug-likeness (QED) is 0.717. The molecule has 5 nitrogen and oxygen atoms in total. The van der Waals surface area contributed by atoms with Gasteiger partial charge in [0.05, 0.1) is 16.4 Å². The van der Waals surface area contributed by atoms with Crippen LogP contribution in [0.5, 0.6) is 5.75 Å². The molecular formula is C12H11BrCl2N2O3S. The van der Waals surface area contributed by atoms with E-state index in [1.165, 1.54) is 12.1 Å². The van der Waals surface area contributed by atoms with Crippen LogP contribution < -0.4 is 4.74 Å². The maximum Gasteiger partial charge on any atom is 0.265 e. The molecule has 21 heavy (non-hydrogen) atoms. The standard InChI is InChI=1S/C12H11BrCl2N2O3S/c1-7-12(14)9(17(2)16-7)6-20-10-4-3-8(13)5-11(10)21(15,18)19/h3-5H,6H2,1-2H3. The van der Waals surface area contributed by atoms with Crippen molar-refractivity contribution in [2.24, 2.45) is 7.05 Å². The highest BCUT2D eigenvalue weighted by Gasteiger charge is 2.19. The molecule has 0 radical (unpaired) electrons. The number of nitrogens with zero attached hydrogens (tertiary/aromatic N) is 2. The van der Waals surface area contributed by atoms with E-state index >= 15 is 0 Å². The fraction of sp³-hybridized carbons (Fsp3) is 0.250. The van der Waals surface area contributed by atoms with Gasteiger partial charge in [0.2, 0.25) is 0 Å². The summed E-state index contributed by atoms with van der Waals surface area (Å²) in [7, 11) is 3.23. The lowest BCUT2D eigenvalue weighted by Gasteiger charge is -2.10. The first-order chi connectivity index (χ1) is 9.70. The van der Waals surface area contributed by atoms with Crippen molar-refractivity contribution in [1.29, 1.82) is 0 Å². The monoisotopic (exact) mass is 412 g/mol. The average molecular weight is 414 g/mol. The van der Waals surface area contributed by atoms with E-state index in [-0.39, 0.29) is 17.3 Å². The molecule has 0 spiro atoms. The lowest BCUT2D eigenvalue weighted by atomic mass is 10.3. The minimum absolute atomic E-state index is 0.0806. The largest absolute Gasteiger partial charge is 0.486 e. The summed E-state index contributed by atoms with van der Waals surface area (Å²) in [5.74, 6) is 0.156. The second kappa shape index (κ2) is 6.16. The molecule has 114 valence electrons. The first-order valence-electron chi connectivity index (χ1n) is 5.75. The Morgan fingerprint density at radius 1 is 1.43 bits per heavy atom. The molecule has 0 aliphatic carbocycles. The van der Waals surface area contributed by atoms with E-state index in [2.05, 4.69) is 21.0 Å². The highest BCUT2D eigenvalue weighted by atomic mass is 79.9. The number of halogens is 3. The van der Waals surface area contributed by atoms with Crippen molar-refractivity contribution >= 4 is 47.3 Å². The number of benzene rings is 1. The first-order valence-corrected chi connectivity index (χ1v) is 9.23. The van der Waals surface area contributed by atoms with Crippen molar-refractivity contribution in [3.63, 3.8) is 0 Å². The summed E-state index contributed by atoms with van der Waals surface area (Å²) in [5.41, 5.74) is 1.33. The van der Waals surface area contributed by atoms with Crippen LogP contribution >= 0.6 is 38.2 Å². The molecule has 1 heterocycles. The smallest absolute Gasteiger partial charge is 0.265 e. The van der Waals surface area contributed by atoms with Crippen molar-refractivity contribution in [1.82, 2.24) is 9.78 Å². The van der Waals surface area contributed by atoms with Gasteiger partial charge in [-0.3, -0.25) is 4.68 Å². The average Bonchev–Trinajstić information content (AvgIpc) is 2.61. The number of hydrogen-bond acceptors (Lipinski definition) is 4. The van der Waals surface area contributed by atoms with E-state index < -0.39 is 9.05 Å². The van der Waals surface area contributed by atoms with Crippen molar-refractivity contribution in [2.45, 2.75) is 18.4 Å². The summed E-state index contributed by atoms with van der Waals surface area (Å²) < 4.78 is 30.9. The van der Waals surface area contributed by atoms with Gasteiger partial charge in [-0.25, -0.2) is 8.42 Å². The summed E-state index contributed by atoms with van der Waals surface area (Å²) >= 11 is 9.32. The number of aromatic nitrogens is 2. The van der Waals surface area contributed by atoms with Crippen LogP contribution in [0.3, 0.4) is 0 Å². The maximum absolute atomic E-state index is 11.6. The third-order valence-electron chi connectivity index (χ3n) is 2.79. The van der Waals surface area contributed by atoms with Gasteiger partial charge in [-0.15, -0.1) is 0 Å².